The van der Waals surface area contributed by atoms with E-state index in [0.717, 1.165) is 6.42 Å². The maximum atomic E-state index is 10.7. The van der Waals surface area contributed by atoms with Crippen LogP contribution >= 0.6 is 0 Å². The number of amides is 1. The quantitative estimate of drug-likeness (QED) is 0.629. The van der Waals surface area contributed by atoms with Gasteiger partial charge in [0.15, 0.2) is 0 Å². The van der Waals surface area contributed by atoms with Gasteiger partial charge < -0.3 is 4.74 Å². The van der Waals surface area contributed by atoms with Crippen LogP contribution in [0.1, 0.15) is 13.3 Å². The third kappa shape index (κ3) is 6.64. The highest BCUT2D eigenvalue weighted by Gasteiger charge is 1.94. The highest BCUT2D eigenvalue weighted by molar-refractivity contribution is 5.68. The van der Waals surface area contributed by atoms with Crippen molar-refractivity contribution < 1.29 is 9.53 Å². The summed E-state index contributed by atoms with van der Waals surface area (Å²) in [5.74, 6) is 0. The summed E-state index contributed by atoms with van der Waals surface area (Å²) in [7, 11) is 0. The maximum Gasteiger partial charge on any atom is 0.411 e. The molecule has 0 spiro atoms. The first-order valence-corrected chi connectivity index (χ1v) is 3.52. The van der Waals surface area contributed by atoms with Gasteiger partial charge in [0.2, 0.25) is 0 Å². The highest BCUT2D eigenvalue weighted by Crippen LogP contribution is 1.81. The Morgan fingerprint density at radius 3 is 3.00 bits per heavy atom. The van der Waals surface area contributed by atoms with E-state index in [2.05, 4.69) is 11.9 Å². The fourth-order valence-corrected chi connectivity index (χ4v) is 0.421. The molecule has 0 aliphatic rings. The van der Waals surface area contributed by atoms with Gasteiger partial charge in [0, 0.05) is 6.20 Å². The number of carbonyl (C=O) groups is 1. The zero-order valence-electron chi connectivity index (χ0n) is 6.67. The fraction of sp³-hybridized carbons (Fsp3) is 0.375. The first-order chi connectivity index (χ1) is 5.31. The highest BCUT2D eigenvalue weighted by atomic mass is 16.5. The molecule has 0 fully saturated rings. The maximum absolute atomic E-state index is 10.7. The molecule has 0 aromatic carbocycles. The van der Waals surface area contributed by atoms with Gasteiger partial charge in [0.25, 0.3) is 0 Å². The summed E-state index contributed by atoms with van der Waals surface area (Å²) < 4.78 is 4.70. The summed E-state index contributed by atoms with van der Waals surface area (Å²) in [6.07, 6.45) is 5.07. The Morgan fingerprint density at radius 1 is 1.73 bits per heavy atom. The molecule has 0 saturated heterocycles. The van der Waals surface area contributed by atoms with Gasteiger partial charge in [-0.3, -0.25) is 5.32 Å². The minimum Gasteiger partial charge on any atom is -0.449 e. The van der Waals surface area contributed by atoms with Crippen LogP contribution in [0.15, 0.2) is 24.9 Å². The second-order valence-electron chi connectivity index (χ2n) is 1.88. The monoisotopic (exact) mass is 155 g/mol. The van der Waals surface area contributed by atoms with Crippen molar-refractivity contribution in [2.75, 3.05) is 6.61 Å². The Labute approximate surface area is 66.7 Å². The first-order valence-electron chi connectivity index (χ1n) is 3.52. The minimum absolute atomic E-state index is 0.426. The summed E-state index contributed by atoms with van der Waals surface area (Å²) in [6.45, 7) is 5.83. The lowest BCUT2D eigenvalue weighted by Crippen LogP contribution is -2.18. The Bertz CT molecular complexity index is 152. The number of hydrogen-bond acceptors (Lipinski definition) is 2. The molecular formula is C8H13NO2. The van der Waals surface area contributed by atoms with E-state index in [-0.39, 0.29) is 0 Å². The molecule has 0 bridgehead atoms. The van der Waals surface area contributed by atoms with Crippen molar-refractivity contribution in [3.63, 3.8) is 0 Å². The van der Waals surface area contributed by atoms with Crippen LogP contribution in [-0.2, 0) is 4.74 Å². The SMILES string of the molecule is C=CC=CNC(=O)OCCC. The van der Waals surface area contributed by atoms with E-state index in [9.17, 15) is 4.79 Å². The smallest absolute Gasteiger partial charge is 0.411 e. The normalized spacial score (nSPS) is 9.55. The van der Waals surface area contributed by atoms with Crippen molar-refractivity contribution in [2.45, 2.75) is 13.3 Å². The van der Waals surface area contributed by atoms with Crippen molar-refractivity contribution in [3.8, 4) is 0 Å². The van der Waals surface area contributed by atoms with Crippen molar-refractivity contribution in [1.82, 2.24) is 5.32 Å². The van der Waals surface area contributed by atoms with Crippen LogP contribution in [0.5, 0.6) is 0 Å². The van der Waals surface area contributed by atoms with E-state index in [0.29, 0.717) is 6.61 Å². The van der Waals surface area contributed by atoms with Crippen LogP contribution < -0.4 is 5.32 Å². The summed E-state index contributed by atoms with van der Waals surface area (Å²) in [4.78, 5) is 10.7. The Hall–Kier alpha value is -1.25. The van der Waals surface area contributed by atoms with Crippen molar-refractivity contribution in [1.29, 1.82) is 0 Å². The summed E-state index contributed by atoms with van der Waals surface area (Å²) in [5.41, 5.74) is 0. The molecule has 3 nitrogen and oxygen atoms in total. The topological polar surface area (TPSA) is 38.3 Å². The molecule has 0 aliphatic heterocycles. The second-order valence-corrected chi connectivity index (χ2v) is 1.88. The van der Waals surface area contributed by atoms with E-state index < -0.39 is 6.09 Å². The number of carbonyl (C=O) groups excluding carboxylic acids is 1. The molecule has 1 amide bonds. The first kappa shape index (κ1) is 9.75. The van der Waals surface area contributed by atoms with Gasteiger partial charge in [-0.05, 0) is 12.5 Å². The Balaban J connectivity index is 3.36. The molecule has 62 valence electrons. The van der Waals surface area contributed by atoms with Crippen molar-refractivity contribution in [2.24, 2.45) is 0 Å². The van der Waals surface area contributed by atoms with Crippen LogP contribution in [0.2, 0.25) is 0 Å². The molecule has 1 N–H and O–H groups in total. The van der Waals surface area contributed by atoms with Crippen LogP contribution in [0, 0.1) is 0 Å². The van der Waals surface area contributed by atoms with Gasteiger partial charge in [-0.15, -0.1) is 0 Å². The Morgan fingerprint density at radius 2 is 2.45 bits per heavy atom. The van der Waals surface area contributed by atoms with Crippen LogP contribution in [0.25, 0.3) is 0 Å². The molecule has 3 heteroatoms. The molecule has 0 heterocycles. The molecule has 0 aliphatic carbocycles. The molecular weight excluding hydrogens is 142 g/mol. The Kier molecular flexibility index (Phi) is 6.08. The van der Waals surface area contributed by atoms with Gasteiger partial charge in [-0.1, -0.05) is 19.6 Å². The number of alkyl carbamates (subject to hydrolysis) is 1. The van der Waals surface area contributed by atoms with E-state index in [1.165, 1.54) is 6.20 Å². The third-order valence-electron chi connectivity index (χ3n) is 0.871. The van der Waals surface area contributed by atoms with Gasteiger partial charge in [-0.25, -0.2) is 4.79 Å². The van der Waals surface area contributed by atoms with Crippen molar-refractivity contribution in [3.05, 3.63) is 24.9 Å². The lowest BCUT2D eigenvalue weighted by Gasteiger charge is -1.99. The summed E-state index contributed by atoms with van der Waals surface area (Å²) in [6, 6.07) is 0. The zero-order chi connectivity index (χ0) is 8.53. The molecule has 0 aromatic heterocycles. The van der Waals surface area contributed by atoms with E-state index >= 15 is 0 Å². The van der Waals surface area contributed by atoms with Gasteiger partial charge in [-0.2, -0.15) is 0 Å². The van der Waals surface area contributed by atoms with Gasteiger partial charge in [0.1, 0.15) is 0 Å². The van der Waals surface area contributed by atoms with E-state index in [1.807, 2.05) is 6.92 Å². The van der Waals surface area contributed by atoms with Crippen molar-refractivity contribution >= 4 is 6.09 Å². The molecule has 0 saturated carbocycles. The third-order valence-corrected chi connectivity index (χ3v) is 0.871. The number of ether oxygens (including phenoxy) is 1. The molecule has 0 radical (unpaired) electrons. The second kappa shape index (κ2) is 6.86. The number of rotatable bonds is 4. The molecule has 0 aromatic rings. The van der Waals surface area contributed by atoms with Crippen LogP contribution in [0.3, 0.4) is 0 Å². The van der Waals surface area contributed by atoms with E-state index in [4.69, 9.17) is 4.74 Å². The zero-order valence-corrected chi connectivity index (χ0v) is 6.67. The minimum atomic E-state index is -0.426. The number of nitrogens with one attached hydrogen (secondary N) is 1. The summed E-state index contributed by atoms with van der Waals surface area (Å²) >= 11 is 0. The predicted octanol–water partition coefficient (Wildman–Crippen LogP) is 1.82. The summed E-state index contributed by atoms with van der Waals surface area (Å²) in [5, 5.41) is 2.41. The van der Waals surface area contributed by atoms with Gasteiger partial charge >= 0.3 is 6.09 Å². The predicted molar refractivity (Wildman–Crippen MR) is 44.1 cm³/mol. The lowest BCUT2D eigenvalue weighted by atomic mass is 10.5. The fourth-order valence-electron chi connectivity index (χ4n) is 0.421. The molecule has 0 unspecified atom stereocenters. The molecule has 0 atom stereocenters. The number of allylic oxidation sites excluding steroid dienone is 2. The average Bonchev–Trinajstić information content (AvgIpc) is 2.01. The van der Waals surface area contributed by atoms with Crippen LogP contribution in [-0.4, -0.2) is 12.7 Å². The average molecular weight is 155 g/mol. The molecule has 0 rings (SSSR count). The number of hydrogen-bond donors (Lipinski definition) is 1. The van der Waals surface area contributed by atoms with E-state index in [1.54, 1.807) is 12.2 Å². The standard InChI is InChI=1S/C8H13NO2/c1-3-5-6-9-8(10)11-7-4-2/h3,5-6H,1,4,7H2,2H3,(H,9,10). The lowest BCUT2D eigenvalue weighted by molar-refractivity contribution is 0.150. The largest absolute Gasteiger partial charge is 0.449 e. The van der Waals surface area contributed by atoms with Crippen LogP contribution in [0.4, 0.5) is 4.79 Å². The molecule has 11 heavy (non-hydrogen) atoms. The van der Waals surface area contributed by atoms with Gasteiger partial charge in [0.05, 0.1) is 6.61 Å².